The molecule has 198 valence electrons. The smallest absolute Gasteiger partial charge is 0.418 e. The zero-order valence-electron chi connectivity index (χ0n) is 20.8. The van der Waals surface area contributed by atoms with Crippen molar-refractivity contribution in [1.82, 2.24) is 10.3 Å². The van der Waals surface area contributed by atoms with E-state index < -0.39 is 21.6 Å². The number of halogens is 3. The van der Waals surface area contributed by atoms with Gasteiger partial charge in [0.25, 0.3) is 0 Å². The fourth-order valence-electron chi connectivity index (χ4n) is 4.97. The molecule has 9 heteroatoms. The van der Waals surface area contributed by atoms with E-state index in [0.717, 1.165) is 43.6 Å². The van der Waals surface area contributed by atoms with E-state index in [9.17, 15) is 21.6 Å². The third-order valence-electron chi connectivity index (χ3n) is 6.81. The molecule has 0 spiro atoms. The van der Waals surface area contributed by atoms with Gasteiger partial charge in [-0.1, -0.05) is 43.2 Å². The number of hydrogen-bond acceptors (Lipinski definition) is 5. The molecule has 0 atom stereocenters. The third kappa shape index (κ3) is 5.68. The average Bonchev–Trinajstić information content (AvgIpc) is 3.40. The molecule has 1 aliphatic carbocycles. The maximum atomic E-state index is 13.8. The highest BCUT2D eigenvalue weighted by molar-refractivity contribution is 7.90. The van der Waals surface area contributed by atoms with Gasteiger partial charge < -0.3 is 10.1 Å². The number of sulfone groups is 1. The fraction of sp³-hybridized carbons (Fsp3) is 0.276. The molecule has 3 aromatic carbocycles. The molecule has 1 aromatic heterocycles. The number of alkyl halides is 3. The average molecular weight is 541 g/mol. The van der Waals surface area contributed by atoms with Crippen molar-refractivity contribution in [3.05, 3.63) is 84.1 Å². The SMILES string of the molecule is CS(=O)(=O)c1cccc(Oc2cccc(-c3c(CNC4CCCC4)cnc4c(C(F)(F)F)cccc34)c2)c1. The van der Waals surface area contributed by atoms with E-state index in [-0.39, 0.29) is 10.4 Å². The van der Waals surface area contributed by atoms with Crippen LogP contribution >= 0.6 is 0 Å². The highest BCUT2D eigenvalue weighted by Gasteiger charge is 2.33. The van der Waals surface area contributed by atoms with Crippen molar-refractivity contribution in [2.24, 2.45) is 0 Å². The maximum Gasteiger partial charge on any atom is 0.418 e. The molecule has 1 saturated carbocycles. The Balaban J connectivity index is 1.58. The molecule has 5 nitrogen and oxygen atoms in total. The molecule has 38 heavy (non-hydrogen) atoms. The number of aromatic nitrogens is 1. The summed E-state index contributed by atoms with van der Waals surface area (Å²) in [5.41, 5.74) is 1.24. The van der Waals surface area contributed by atoms with Crippen molar-refractivity contribution < 1.29 is 26.3 Å². The van der Waals surface area contributed by atoms with Crippen molar-refractivity contribution in [2.75, 3.05) is 6.26 Å². The molecule has 1 fully saturated rings. The van der Waals surface area contributed by atoms with Crippen LogP contribution in [-0.2, 0) is 22.6 Å². The Morgan fingerprint density at radius 3 is 2.37 bits per heavy atom. The second kappa shape index (κ2) is 10.4. The lowest BCUT2D eigenvalue weighted by molar-refractivity contribution is -0.136. The molecule has 0 radical (unpaired) electrons. The summed E-state index contributed by atoms with van der Waals surface area (Å²) in [6, 6.07) is 17.7. The quantitative estimate of drug-likeness (QED) is 0.270. The first kappa shape index (κ1) is 26.2. The van der Waals surface area contributed by atoms with Crippen molar-refractivity contribution >= 4 is 20.7 Å². The Morgan fingerprint density at radius 1 is 0.974 bits per heavy atom. The van der Waals surface area contributed by atoms with Gasteiger partial charge in [0.2, 0.25) is 0 Å². The monoisotopic (exact) mass is 540 g/mol. The van der Waals surface area contributed by atoms with Gasteiger partial charge in [-0.05, 0) is 65.9 Å². The van der Waals surface area contributed by atoms with Crippen LogP contribution in [0.1, 0.15) is 36.8 Å². The predicted molar refractivity (Wildman–Crippen MR) is 141 cm³/mol. The number of hydrogen-bond donors (Lipinski definition) is 1. The Kier molecular flexibility index (Phi) is 7.15. The van der Waals surface area contributed by atoms with Crippen LogP contribution in [0, 0.1) is 0 Å². The lowest BCUT2D eigenvalue weighted by Crippen LogP contribution is -2.25. The Labute approximate surface area is 219 Å². The number of pyridine rings is 1. The van der Waals surface area contributed by atoms with Crippen LogP contribution in [0.2, 0.25) is 0 Å². The first-order valence-corrected chi connectivity index (χ1v) is 14.3. The van der Waals surface area contributed by atoms with Crippen molar-refractivity contribution in [3.63, 3.8) is 0 Å². The standard InChI is InChI=1S/C29H27F3N2O3S/c1-38(35,36)24-12-5-11-23(16-24)37-22-10-4-7-19(15-22)27-20(17-33-21-8-2-3-9-21)18-34-28-25(27)13-6-14-26(28)29(30,31)32/h4-7,10-16,18,21,33H,2-3,8-9,17H2,1H3. The Bertz CT molecular complexity index is 1580. The zero-order chi connectivity index (χ0) is 26.9. The number of ether oxygens (including phenoxy) is 1. The van der Waals surface area contributed by atoms with Crippen LogP contribution in [-0.4, -0.2) is 25.7 Å². The highest BCUT2D eigenvalue weighted by Crippen LogP contribution is 2.39. The summed E-state index contributed by atoms with van der Waals surface area (Å²) < 4.78 is 71.3. The predicted octanol–water partition coefficient (Wildman–Crippen LogP) is 7.15. The van der Waals surface area contributed by atoms with Gasteiger partial charge in [0.1, 0.15) is 11.5 Å². The maximum absolute atomic E-state index is 13.8. The second-order valence-electron chi connectivity index (χ2n) is 9.60. The summed E-state index contributed by atoms with van der Waals surface area (Å²) in [5.74, 6) is 0.770. The molecular weight excluding hydrogens is 513 g/mol. The summed E-state index contributed by atoms with van der Waals surface area (Å²) in [6.07, 6.45) is 2.58. The van der Waals surface area contributed by atoms with Gasteiger partial charge in [-0.15, -0.1) is 0 Å². The normalized spacial score (nSPS) is 14.7. The van der Waals surface area contributed by atoms with Crippen molar-refractivity contribution in [3.8, 4) is 22.6 Å². The largest absolute Gasteiger partial charge is 0.457 e. The van der Waals surface area contributed by atoms with Gasteiger partial charge in [0, 0.05) is 30.4 Å². The molecule has 0 amide bonds. The van der Waals surface area contributed by atoms with Crippen LogP contribution < -0.4 is 10.1 Å². The molecule has 1 N–H and O–H groups in total. The molecular formula is C29H27F3N2O3S. The molecule has 1 aliphatic rings. The van der Waals surface area contributed by atoms with Crippen LogP contribution in [0.5, 0.6) is 11.5 Å². The third-order valence-corrected chi connectivity index (χ3v) is 7.92. The van der Waals surface area contributed by atoms with E-state index in [1.165, 1.54) is 24.4 Å². The van der Waals surface area contributed by atoms with E-state index in [1.807, 2.05) is 6.07 Å². The van der Waals surface area contributed by atoms with E-state index in [1.54, 1.807) is 36.4 Å². The number of fused-ring (bicyclic) bond motifs is 1. The Hall–Kier alpha value is -3.43. The van der Waals surface area contributed by atoms with Gasteiger partial charge in [-0.25, -0.2) is 8.42 Å². The van der Waals surface area contributed by atoms with Crippen LogP contribution in [0.15, 0.2) is 77.8 Å². The van der Waals surface area contributed by atoms with Crippen LogP contribution in [0.4, 0.5) is 13.2 Å². The number of nitrogens with one attached hydrogen (secondary N) is 1. The minimum atomic E-state index is -4.54. The molecule has 0 bridgehead atoms. The van der Waals surface area contributed by atoms with Gasteiger partial charge in [0.05, 0.1) is 16.0 Å². The fourth-order valence-corrected chi connectivity index (χ4v) is 5.63. The van der Waals surface area contributed by atoms with Crippen LogP contribution in [0.25, 0.3) is 22.0 Å². The number of nitrogens with zero attached hydrogens (tertiary/aromatic N) is 1. The van der Waals surface area contributed by atoms with Gasteiger partial charge >= 0.3 is 6.18 Å². The van der Waals surface area contributed by atoms with Crippen molar-refractivity contribution in [1.29, 1.82) is 0 Å². The topological polar surface area (TPSA) is 68.3 Å². The number of para-hydroxylation sites is 1. The first-order chi connectivity index (χ1) is 18.1. The van der Waals surface area contributed by atoms with E-state index in [2.05, 4.69) is 10.3 Å². The summed E-state index contributed by atoms with van der Waals surface area (Å²) in [5, 5.41) is 3.95. The van der Waals surface area contributed by atoms with Crippen molar-refractivity contribution in [2.45, 2.75) is 49.3 Å². The Morgan fingerprint density at radius 2 is 1.66 bits per heavy atom. The first-order valence-electron chi connectivity index (χ1n) is 12.4. The van der Waals surface area contributed by atoms with E-state index >= 15 is 0 Å². The van der Waals surface area contributed by atoms with E-state index in [4.69, 9.17) is 4.74 Å². The molecule has 0 saturated heterocycles. The zero-order valence-corrected chi connectivity index (χ0v) is 21.6. The number of benzene rings is 3. The summed E-state index contributed by atoms with van der Waals surface area (Å²) in [7, 11) is -3.41. The summed E-state index contributed by atoms with van der Waals surface area (Å²) >= 11 is 0. The van der Waals surface area contributed by atoms with E-state index in [0.29, 0.717) is 40.6 Å². The molecule has 1 heterocycles. The van der Waals surface area contributed by atoms with Crippen LogP contribution in [0.3, 0.4) is 0 Å². The minimum Gasteiger partial charge on any atom is -0.457 e. The van der Waals surface area contributed by atoms with Gasteiger partial charge in [-0.3, -0.25) is 4.98 Å². The van der Waals surface area contributed by atoms with Gasteiger partial charge in [-0.2, -0.15) is 13.2 Å². The molecule has 5 rings (SSSR count). The molecule has 0 unspecified atom stereocenters. The number of rotatable bonds is 7. The second-order valence-corrected chi connectivity index (χ2v) is 11.6. The minimum absolute atomic E-state index is 0.105. The molecule has 0 aliphatic heterocycles. The lowest BCUT2D eigenvalue weighted by Gasteiger charge is -2.19. The lowest BCUT2D eigenvalue weighted by atomic mass is 9.94. The van der Waals surface area contributed by atoms with Gasteiger partial charge in [0.15, 0.2) is 9.84 Å². The molecule has 4 aromatic rings. The summed E-state index contributed by atoms with van der Waals surface area (Å²) in [6.45, 7) is 0.473. The highest BCUT2D eigenvalue weighted by atomic mass is 32.2. The summed E-state index contributed by atoms with van der Waals surface area (Å²) in [4.78, 5) is 4.38.